The second-order valence-corrected chi connectivity index (χ2v) is 3.68. The average molecular weight is 210 g/mol. The third-order valence-corrected chi connectivity index (χ3v) is 2.67. The number of quaternary nitrogens is 1. The Labute approximate surface area is 92.5 Å². The van der Waals surface area contributed by atoms with Gasteiger partial charge in [-0.2, -0.15) is 0 Å². The molecule has 1 atom stereocenters. The van der Waals surface area contributed by atoms with E-state index in [1.807, 2.05) is 54.6 Å². The van der Waals surface area contributed by atoms with Gasteiger partial charge in [0, 0.05) is 5.56 Å². The standard InChI is InChI=1S/C13H10N2O/c16-15-13(10-6-2-1-3-7-10)11-8-4-5-9-12(11)14-15/h1-9,15H. The van der Waals surface area contributed by atoms with Crippen LogP contribution in [-0.4, -0.2) is 0 Å². The van der Waals surface area contributed by atoms with Crippen molar-refractivity contribution < 1.29 is 5.17 Å². The fraction of sp³-hybridized carbons (Fsp3) is 0. The highest BCUT2D eigenvalue weighted by molar-refractivity contribution is 5.58. The Balaban J connectivity index is 2.34. The Morgan fingerprint density at radius 1 is 0.875 bits per heavy atom. The van der Waals surface area contributed by atoms with E-state index in [4.69, 9.17) is 0 Å². The van der Waals surface area contributed by atoms with Gasteiger partial charge in [-0.1, -0.05) is 35.4 Å². The molecule has 3 rings (SSSR count). The lowest BCUT2D eigenvalue weighted by Crippen LogP contribution is -2.99. The smallest absolute Gasteiger partial charge is 0.174 e. The molecule has 2 aromatic carbocycles. The van der Waals surface area contributed by atoms with Gasteiger partial charge < -0.3 is 5.21 Å². The van der Waals surface area contributed by atoms with Gasteiger partial charge >= 0.3 is 0 Å². The van der Waals surface area contributed by atoms with Gasteiger partial charge in [0.1, 0.15) is 5.36 Å². The number of benzene rings is 2. The number of hydroxylamine groups is 1. The van der Waals surface area contributed by atoms with Gasteiger partial charge in [-0.05, 0) is 24.3 Å². The molecule has 3 nitrogen and oxygen atoms in total. The molecule has 0 aliphatic carbocycles. The average Bonchev–Trinajstić information content (AvgIpc) is 2.66. The van der Waals surface area contributed by atoms with Gasteiger partial charge in [0.15, 0.2) is 5.70 Å². The highest BCUT2D eigenvalue weighted by atomic mass is 16.5. The summed E-state index contributed by atoms with van der Waals surface area (Å²) in [5.74, 6) is 0. The van der Waals surface area contributed by atoms with E-state index in [-0.39, 0.29) is 5.17 Å². The third kappa shape index (κ3) is 1.34. The number of nitrogens with one attached hydrogen (secondary N) is 1. The summed E-state index contributed by atoms with van der Waals surface area (Å²) >= 11 is 0. The van der Waals surface area contributed by atoms with Crippen molar-refractivity contribution in [3.63, 3.8) is 0 Å². The van der Waals surface area contributed by atoms with Crippen molar-refractivity contribution in [1.82, 2.24) is 0 Å². The van der Waals surface area contributed by atoms with Crippen LogP contribution in [0.25, 0.3) is 5.70 Å². The molecule has 0 spiro atoms. The summed E-state index contributed by atoms with van der Waals surface area (Å²) in [6, 6.07) is 17.3. The molecule has 1 aliphatic heterocycles. The lowest BCUT2D eigenvalue weighted by Gasteiger charge is -2.13. The molecular formula is C13H10N2O. The molecule has 2 aromatic rings. The summed E-state index contributed by atoms with van der Waals surface area (Å²) < 4.78 is 0. The van der Waals surface area contributed by atoms with Crippen LogP contribution in [0.4, 0.5) is 0 Å². The van der Waals surface area contributed by atoms with E-state index in [0.29, 0.717) is 5.70 Å². The van der Waals surface area contributed by atoms with Crippen molar-refractivity contribution in [3.05, 3.63) is 75.9 Å². The molecule has 78 valence electrons. The van der Waals surface area contributed by atoms with Crippen LogP contribution in [0.5, 0.6) is 0 Å². The van der Waals surface area contributed by atoms with E-state index in [1.165, 1.54) is 0 Å². The number of para-hydroxylation sites is 1. The zero-order valence-corrected chi connectivity index (χ0v) is 8.55. The van der Waals surface area contributed by atoms with Gasteiger partial charge in [0.2, 0.25) is 0 Å². The van der Waals surface area contributed by atoms with E-state index in [1.54, 1.807) is 0 Å². The van der Waals surface area contributed by atoms with Gasteiger partial charge in [-0.25, -0.2) is 5.17 Å². The van der Waals surface area contributed by atoms with E-state index in [0.717, 1.165) is 16.1 Å². The fourth-order valence-corrected chi connectivity index (χ4v) is 1.95. The first-order valence-electron chi connectivity index (χ1n) is 5.14. The molecule has 0 aromatic heterocycles. The summed E-state index contributed by atoms with van der Waals surface area (Å²) in [5.41, 5.74) is 1.64. The fourth-order valence-electron chi connectivity index (χ4n) is 1.95. The lowest BCUT2D eigenvalue weighted by atomic mass is 10.1. The van der Waals surface area contributed by atoms with Gasteiger partial charge in [-0.3, -0.25) is 0 Å². The van der Waals surface area contributed by atoms with Crippen molar-refractivity contribution in [1.29, 1.82) is 0 Å². The second-order valence-electron chi connectivity index (χ2n) is 3.68. The summed E-state index contributed by atoms with van der Waals surface area (Å²) in [4.78, 5) is 0. The van der Waals surface area contributed by atoms with Crippen molar-refractivity contribution in [2.24, 2.45) is 5.10 Å². The van der Waals surface area contributed by atoms with Crippen LogP contribution in [0.3, 0.4) is 0 Å². The Kier molecular flexibility index (Phi) is 2.06. The van der Waals surface area contributed by atoms with Crippen LogP contribution >= 0.6 is 0 Å². The van der Waals surface area contributed by atoms with Crippen molar-refractivity contribution in [3.8, 4) is 0 Å². The molecule has 0 fully saturated rings. The predicted octanol–water partition coefficient (Wildman–Crippen LogP) is -0.226. The molecule has 1 N–H and O–H groups in total. The van der Waals surface area contributed by atoms with Crippen LogP contribution in [0, 0.1) is 5.21 Å². The summed E-state index contributed by atoms with van der Waals surface area (Å²) in [7, 11) is 0. The molecule has 0 radical (unpaired) electrons. The van der Waals surface area contributed by atoms with Gasteiger partial charge in [0.05, 0.1) is 5.22 Å². The Morgan fingerprint density at radius 3 is 2.38 bits per heavy atom. The molecule has 1 unspecified atom stereocenters. The van der Waals surface area contributed by atoms with Crippen LogP contribution < -0.4 is 15.7 Å². The van der Waals surface area contributed by atoms with E-state index < -0.39 is 0 Å². The van der Waals surface area contributed by atoms with Crippen LogP contribution in [0.2, 0.25) is 0 Å². The van der Waals surface area contributed by atoms with E-state index in [2.05, 4.69) is 5.10 Å². The number of hydrogen-bond acceptors (Lipinski definition) is 2. The second kappa shape index (κ2) is 3.56. The maximum atomic E-state index is 11.8. The molecule has 16 heavy (non-hydrogen) atoms. The largest absolute Gasteiger partial charge is 0.601 e. The molecular weight excluding hydrogens is 200 g/mol. The molecule has 0 saturated heterocycles. The van der Waals surface area contributed by atoms with Crippen LogP contribution in [0.1, 0.15) is 5.56 Å². The topological polar surface area (TPSA) is 39.9 Å². The third-order valence-electron chi connectivity index (χ3n) is 2.67. The molecule has 1 heterocycles. The van der Waals surface area contributed by atoms with Gasteiger partial charge in [-0.15, -0.1) is 0 Å². The first-order chi connectivity index (χ1) is 7.86. The van der Waals surface area contributed by atoms with E-state index >= 15 is 0 Å². The normalized spacial score (nSPS) is 18.1. The number of hydrogen-bond donors (Lipinski definition) is 1. The summed E-state index contributed by atoms with van der Waals surface area (Å²) in [5, 5.41) is 17.4. The quantitative estimate of drug-likeness (QED) is 0.649. The number of rotatable bonds is 1. The first-order valence-corrected chi connectivity index (χ1v) is 5.14. The van der Waals surface area contributed by atoms with Crippen LogP contribution in [0.15, 0.2) is 59.7 Å². The molecule has 0 amide bonds. The maximum Gasteiger partial charge on any atom is 0.174 e. The summed E-state index contributed by atoms with van der Waals surface area (Å²) in [6.07, 6.45) is 0. The molecule has 0 saturated carbocycles. The van der Waals surface area contributed by atoms with Crippen molar-refractivity contribution in [2.75, 3.05) is 0 Å². The Hall–Kier alpha value is -1.97. The van der Waals surface area contributed by atoms with Crippen molar-refractivity contribution in [2.45, 2.75) is 0 Å². The van der Waals surface area contributed by atoms with E-state index in [9.17, 15) is 5.21 Å². The maximum absolute atomic E-state index is 11.8. The van der Waals surface area contributed by atoms with Crippen molar-refractivity contribution >= 4 is 5.70 Å². The zero-order chi connectivity index (χ0) is 11.0. The SMILES string of the molecule is [O-][NH+]1N=c2ccccc2=C1c1ccccc1. The lowest BCUT2D eigenvalue weighted by molar-refractivity contribution is -0.776. The van der Waals surface area contributed by atoms with Gasteiger partial charge in [0.25, 0.3) is 0 Å². The monoisotopic (exact) mass is 210 g/mol. The summed E-state index contributed by atoms with van der Waals surface area (Å²) in [6.45, 7) is 0. The zero-order valence-electron chi connectivity index (χ0n) is 8.55. The minimum absolute atomic E-state index is 0.146. The minimum Gasteiger partial charge on any atom is -0.601 e. The highest BCUT2D eigenvalue weighted by Gasteiger charge is 2.16. The molecule has 3 heteroatoms. The molecule has 1 aliphatic rings. The predicted molar refractivity (Wildman–Crippen MR) is 60.5 cm³/mol. The first kappa shape index (κ1) is 9.27. The Morgan fingerprint density at radius 2 is 1.56 bits per heavy atom. The van der Waals surface area contributed by atoms with Crippen LogP contribution in [-0.2, 0) is 0 Å². The number of nitrogens with zero attached hydrogens (tertiary/aromatic N) is 1. The minimum atomic E-state index is -0.146. The Bertz CT molecular complexity index is 634. The highest BCUT2D eigenvalue weighted by Crippen LogP contribution is 2.04. The number of fused-ring (bicyclic) bond motifs is 1. The molecule has 0 bridgehead atoms.